The van der Waals surface area contributed by atoms with Gasteiger partial charge in [-0.05, 0) is 74.4 Å². The second kappa shape index (κ2) is 13.8. The molecule has 0 aliphatic rings. The van der Waals surface area contributed by atoms with Gasteiger partial charge in [-0.2, -0.15) is 0 Å². The van der Waals surface area contributed by atoms with Gasteiger partial charge in [-0.3, -0.25) is 13.9 Å². The highest BCUT2D eigenvalue weighted by Gasteiger charge is 2.32. The molecular formula is C30H37N3O6S. The summed E-state index contributed by atoms with van der Waals surface area (Å²) in [5.74, 6) is 0.266. The SMILES string of the molecule is CCCNC(=O)C(C)N(Cc1cccc(OC)c1)C(=O)CN(c1ccc(C)cc1)S(=O)(=O)c1ccc(OC)cc1. The molecule has 1 unspecified atom stereocenters. The highest BCUT2D eigenvalue weighted by Crippen LogP contribution is 2.26. The first-order chi connectivity index (χ1) is 19.1. The van der Waals surface area contributed by atoms with Gasteiger partial charge in [-0.15, -0.1) is 0 Å². The standard InChI is InChI=1S/C30H37N3O6S/c1-6-18-31-30(35)23(3)32(20-24-8-7-9-27(19-24)39-5)29(34)21-33(25-12-10-22(2)11-13-25)40(36,37)28-16-14-26(38-4)15-17-28/h7-17,19,23H,6,18,20-21H2,1-5H3,(H,31,35). The normalized spacial score (nSPS) is 11.8. The molecule has 0 fully saturated rings. The zero-order chi connectivity index (χ0) is 29.3. The number of sulfonamides is 1. The van der Waals surface area contributed by atoms with Gasteiger partial charge in [0.1, 0.15) is 24.1 Å². The summed E-state index contributed by atoms with van der Waals surface area (Å²) in [7, 11) is -1.11. The number of anilines is 1. The molecule has 9 nitrogen and oxygen atoms in total. The van der Waals surface area contributed by atoms with Crippen molar-refractivity contribution in [2.45, 2.75) is 44.7 Å². The fourth-order valence-electron chi connectivity index (χ4n) is 4.06. The van der Waals surface area contributed by atoms with Crippen LogP contribution in [0, 0.1) is 6.92 Å². The third-order valence-electron chi connectivity index (χ3n) is 6.45. The number of ether oxygens (including phenoxy) is 2. The largest absolute Gasteiger partial charge is 0.497 e. The monoisotopic (exact) mass is 567 g/mol. The molecule has 0 saturated heterocycles. The lowest BCUT2D eigenvalue weighted by molar-refractivity contribution is -0.139. The second-order valence-corrected chi connectivity index (χ2v) is 11.2. The maximum absolute atomic E-state index is 13.9. The van der Waals surface area contributed by atoms with Crippen LogP contribution in [0.5, 0.6) is 11.5 Å². The van der Waals surface area contributed by atoms with Crippen LogP contribution in [-0.2, 0) is 26.2 Å². The molecule has 0 heterocycles. The molecule has 0 bridgehead atoms. The molecule has 1 N–H and O–H groups in total. The van der Waals surface area contributed by atoms with Crippen LogP contribution in [0.25, 0.3) is 0 Å². The van der Waals surface area contributed by atoms with Crippen molar-refractivity contribution < 1.29 is 27.5 Å². The van der Waals surface area contributed by atoms with Crippen LogP contribution in [0.3, 0.4) is 0 Å². The smallest absolute Gasteiger partial charge is 0.264 e. The van der Waals surface area contributed by atoms with Gasteiger partial charge in [-0.25, -0.2) is 8.42 Å². The number of nitrogens with zero attached hydrogens (tertiary/aromatic N) is 2. The predicted octanol–water partition coefficient (Wildman–Crippen LogP) is 4.15. The molecule has 0 spiro atoms. The first-order valence-corrected chi connectivity index (χ1v) is 14.5. The van der Waals surface area contributed by atoms with Gasteiger partial charge in [0.25, 0.3) is 10.0 Å². The van der Waals surface area contributed by atoms with Crippen molar-refractivity contribution in [2.75, 3.05) is 31.6 Å². The molecule has 0 aliphatic heterocycles. The summed E-state index contributed by atoms with van der Waals surface area (Å²) in [5.41, 5.74) is 2.01. The average Bonchev–Trinajstić information content (AvgIpc) is 2.97. The van der Waals surface area contributed by atoms with Crippen molar-refractivity contribution in [2.24, 2.45) is 0 Å². The van der Waals surface area contributed by atoms with E-state index in [1.807, 2.05) is 19.9 Å². The Balaban J connectivity index is 2.02. The van der Waals surface area contributed by atoms with E-state index in [1.54, 1.807) is 68.6 Å². The Kier molecular flexibility index (Phi) is 10.6. The Hall–Kier alpha value is -4.05. The molecule has 3 aromatic rings. The summed E-state index contributed by atoms with van der Waals surface area (Å²) in [6.07, 6.45) is 0.740. The van der Waals surface area contributed by atoms with E-state index in [0.29, 0.717) is 23.7 Å². The Morgan fingerprint density at radius 1 is 0.925 bits per heavy atom. The summed E-state index contributed by atoms with van der Waals surface area (Å²) in [4.78, 5) is 28.3. The van der Waals surface area contributed by atoms with Crippen molar-refractivity contribution >= 4 is 27.5 Å². The van der Waals surface area contributed by atoms with Crippen LogP contribution in [0.2, 0.25) is 0 Å². The van der Waals surface area contributed by atoms with Crippen LogP contribution in [-0.4, -0.2) is 58.5 Å². The van der Waals surface area contributed by atoms with E-state index in [-0.39, 0.29) is 17.3 Å². The number of nitrogens with one attached hydrogen (secondary N) is 1. The van der Waals surface area contributed by atoms with Gasteiger partial charge in [0.2, 0.25) is 11.8 Å². The quantitative estimate of drug-likeness (QED) is 0.333. The summed E-state index contributed by atoms with van der Waals surface area (Å²) >= 11 is 0. The second-order valence-electron chi connectivity index (χ2n) is 9.36. The first-order valence-electron chi connectivity index (χ1n) is 13.0. The number of amides is 2. The Labute approximate surface area is 236 Å². The van der Waals surface area contributed by atoms with E-state index in [2.05, 4.69) is 5.32 Å². The van der Waals surface area contributed by atoms with E-state index in [0.717, 1.165) is 21.9 Å². The zero-order valence-electron chi connectivity index (χ0n) is 23.6. The molecule has 0 saturated carbocycles. The lowest BCUT2D eigenvalue weighted by Crippen LogP contribution is -2.51. The third kappa shape index (κ3) is 7.53. The topological polar surface area (TPSA) is 105 Å². The first kappa shape index (κ1) is 30.5. The number of hydrogen-bond donors (Lipinski definition) is 1. The van der Waals surface area contributed by atoms with Gasteiger partial charge in [0.05, 0.1) is 24.8 Å². The number of aryl methyl sites for hydroxylation is 1. The van der Waals surface area contributed by atoms with E-state index in [9.17, 15) is 18.0 Å². The molecule has 0 radical (unpaired) electrons. The summed E-state index contributed by atoms with van der Waals surface area (Å²) in [6.45, 7) is 5.51. The summed E-state index contributed by atoms with van der Waals surface area (Å²) in [6, 6.07) is 19.2. The van der Waals surface area contributed by atoms with E-state index >= 15 is 0 Å². The molecule has 2 amide bonds. The average molecular weight is 568 g/mol. The predicted molar refractivity (Wildman–Crippen MR) is 155 cm³/mol. The molecular weight excluding hydrogens is 530 g/mol. The molecule has 3 aromatic carbocycles. The van der Waals surface area contributed by atoms with Crippen molar-refractivity contribution in [3.05, 3.63) is 83.9 Å². The number of rotatable bonds is 13. The summed E-state index contributed by atoms with van der Waals surface area (Å²) < 4.78 is 39.3. The van der Waals surface area contributed by atoms with E-state index < -0.39 is 28.5 Å². The van der Waals surface area contributed by atoms with Crippen molar-refractivity contribution in [3.8, 4) is 11.5 Å². The lowest BCUT2D eigenvalue weighted by atomic mass is 10.1. The minimum absolute atomic E-state index is 0.00904. The Morgan fingerprint density at radius 3 is 2.17 bits per heavy atom. The molecule has 1 atom stereocenters. The molecule has 0 aliphatic carbocycles. The van der Waals surface area contributed by atoms with Crippen molar-refractivity contribution in [3.63, 3.8) is 0 Å². The van der Waals surface area contributed by atoms with Crippen LogP contribution < -0.4 is 19.1 Å². The maximum atomic E-state index is 13.9. The van der Waals surface area contributed by atoms with Crippen molar-refractivity contribution in [1.29, 1.82) is 0 Å². The summed E-state index contributed by atoms with van der Waals surface area (Å²) in [5, 5.41) is 2.83. The van der Waals surface area contributed by atoms with Crippen LogP contribution in [0.15, 0.2) is 77.7 Å². The van der Waals surface area contributed by atoms with Crippen LogP contribution in [0.1, 0.15) is 31.4 Å². The number of benzene rings is 3. The molecule has 0 aromatic heterocycles. The molecule has 40 heavy (non-hydrogen) atoms. The molecule has 214 valence electrons. The fraction of sp³-hybridized carbons (Fsp3) is 0.333. The van der Waals surface area contributed by atoms with Gasteiger partial charge >= 0.3 is 0 Å². The number of carbonyl (C=O) groups excluding carboxylic acids is 2. The van der Waals surface area contributed by atoms with Gasteiger partial charge in [0.15, 0.2) is 0 Å². The fourth-order valence-corrected chi connectivity index (χ4v) is 5.47. The van der Waals surface area contributed by atoms with E-state index in [4.69, 9.17) is 9.47 Å². The van der Waals surface area contributed by atoms with Gasteiger partial charge in [-0.1, -0.05) is 36.8 Å². The maximum Gasteiger partial charge on any atom is 0.264 e. The zero-order valence-corrected chi connectivity index (χ0v) is 24.4. The Bertz CT molecular complexity index is 1390. The van der Waals surface area contributed by atoms with E-state index in [1.165, 1.54) is 24.1 Å². The Morgan fingerprint density at radius 2 is 1.57 bits per heavy atom. The number of hydrogen-bond acceptors (Lipinski definition) is 6. The lowest BCUT2D eigenvalue weighted by Gasteiger charge is -2.32. The van der Waals surface area contributed by atoms with Gasteiger partial charge < -0.3 is 19.7 Å². The molecule has 3 rings (SSSR count). The van der Waals surface area contributed by atoms with Crippen molar-refractivity contribution in [1.82, 2.24) is 10.2 Å². The molecule has 10 heteroatoms. The van der Waals surface area contributed by atoms with Gasteiger partial charge in [0, 0.05) is 13.1 Å². The minimum Gasteiger partial charge on any atom is -0.497 e. The highest BCUT2D eigenvalue weighted by atomic mass is 32.2. The third-order valence-corrected chi connectivity index (χ3v) is 8.24. The highest BCUT2D eigenvalue weighted by molar-refractivity contribution is 7.92. The van der Waals surface area contributed by atoms with Crippen LogP contribution >= 0.6 is 0 Å². The number of methoxy groups -OCH3 is 2. The minimum atomic E-state index is -4.15. The number of carbonyl (C=O) groups is 2. The van der Waals surface area contributed by atoms with Crippen LogP contribution in [0.4, 0.5) is 5.69 Å².